The molecule has 4 aromatic rings. The molecule has 6 nitrogen and oxygen atoms in total. The molecule has 0 bridgehead atoms. The van der Waals surface area contributed by atoms with Crippen molar-refractivity contribution in [3.8, 4) is 5.69 Å². The van der Waals surface area contributed by atoms with Gasteiger partial charge >= 0.3 is 5.97 Å². The average Bonchev–Trinajstić information content (AvgIpc) is 3.18. The van der Waals surface area contributed by atoms with Crippen molar-refractivity contribution in [3.05, 3.63) is 95.3 Å². The number of benzene rings is 3. The third-order valence-electron chi connectivity index (χ3n) is 6.11. The van der Waals surface area contributed by atoms with Crippen molar-refractivity contribution >= 4 is 22.9 Å². The molecule has 1 aromatic heterocycles. The fourth-order valence-electron chi connectivity index (χ4n) is 4.58. The Hall–Kier alpha value is -3.93. The molecular formula is C27H25N3O3. The van der Waals surface area contributed by atoms with Crippen LogP contribution in [0.2, 0.25) is 0 Å². The highest BCUT2D eigenvalue weighted by Gasteiger charge is 2.22. The lowest BCUT2D eigenvalue weighted by Gasteiger charge is -2.26. The van der Waals surface area contributed by atoms with E-state index in [1.165, 1.54) is 5.56 Å². The van der Waals surface area contributed by atoms with Gasteiger partial charge in [-0.05, 0) is 67.6 Å². The van der Waals surface area contributed by atoms with Crippen LogP contribution < -0.4 is 5.32 Å². The topological polar surface area (TPSA) is 73.2 Å². The second-order valence-corrected chi connectivity index (χ2v) is 8.32. The predicted molar refractivity (Wildman–Crippen MR) is 126 cm³/mol. The first-order valence-corrected chi connectivity index (χ1v) is 11.2. The van der Waals surface area contributed by atoms with E-state index < -0.39 is 5.97 Å². The summed E-state index contributed by atoms with van der Waals surface area (Å²) in [5.74, 6) is -0.00722. The number of rotatable bonds is 5. The number of nitrogens with one attached hydrogen (secondary N) is 1. The van der Waals surface area contributed by atoms with Crippen molar-refractivity contribution in [2.24, 2.45) is 0 Å². The number of carbonyl (C=O) groups excluding carboxylic acids is 2. The van der Waals surface area contributed by atoms with Gasteiger partial charge in [0, 0.05) is 5.69 Å². The van der Waals surface area contributed by atoms with E-state index >= 15 is 0 Å². The summed E-state index contributed by atoms with van der Waals surface area (Å²) in [5.41, 5.74) is 5.41. The number of carbonyl (C=O) groups is 2. The first-order valence-electron chi connectivity index (χ1n) is 11.2. The maximum absolute atomic E-state index is 12.6. The van der Waals surface area contributed by atoms with E-state index in [-0.39, 0.29) is 18.6 Å². The summed E-state index contributed by atoms with van der Waals surface area (Å²) in [7, 11) is 0. The van der Waals surface area contributed by atoms with Crippen LogP contribution in [0.25, 0.3) is 16.7 Å². The number of nitrogens with zero attached hydrogens (tertiary/aromatic N) is 2. The number of esters is 1. The van der Waals surface area contributed by atoms with Crippen LogP contribution in [0.5, 0.6) is 0 Å². The lowest BCUT2D eigenvalue weighted by Crippen LogP contribution is -2.34. The molecule has 0 spiro atoms. The van der Waals surface area contributed by atoms with Crippen LogP contribution in [0.1, 0.15) is 46.2 Å². The van der Waals surface area contributed by atoms with E-state index in [0.717, 1.165) is 41.9 Å². The Morgan fingerprint density at radius 1 is 1.06 bits per heavy atom. The summed E-state index contributed by atoms with van der Waals surface area (Å²) >= 11 is 0. The van der Waals surface area contributed by atoms with Crippen LogP contribution in [-0.2, 0) is 16.0 Å². The highest BCUT2D eigenvalue weighted by atomic mass is 16.5. The number of hydrogen-bond donors (Lipinski definition) is 1. The average molecular weight is 440 g/mol. The summed E-state index contributed by atoms with van der Waals surface area (Å²) in [6, 6.07) is 23.3. The van der Waals surface area contributed by atoms with Gasteiger partial charge in [-0.2, -0.15) is 0 Å². The van der Waals surface area contributed by atoms with Crippen LogP contribution in [0.15, 0.2) is 72.8 Å². The smallest absolute Gasteiger partial charge is 0.338 e. The SMILES string of the molecule is Cc1nc2cc(C(=O)OCC(=O)NC3CCCc4ccccc43)ccc2n1-c1ccccc1. The van der Waals surface area contributed by atoms with Crippen molar-refractivity contribution in [2.75, 3.05) is 6.61 Å². The molecule has 0 saturated heterocycles. The van der Waals surface area contributed by atoms with Gasteiger partial charge in [0.2, 0.25) is 0 Å². The minimum atomic E-state index is -0.539. The summed E-state index contributed by atoms with van der Waals surface area (Å²) in [4.78, 5) is 29.7. The Bertz CT molecular complexity index is 1330. The second-order valence-electron chi connectivity index (χ2n) is 8.32. The van der Waals surface area contributed by atoms with E-state index in [1.807, 2.05) is 60.0 Å². The molecular weight excluding hydrogens is 414 g/mol. The van der Waals surface area contributed by atoms with Gasteiger partial charge in [0.05, 0.1) is 22.6 Å². The van der Waals surface area contributed by atoms with Gasteiger partial charge in [-0.25, -0.2) is 9.78 Å². The van der Waals surface area contributed by atoms with Gasteiger partial charge in [-0.3, -0.25) is 9.36 Å². The van der Waals surface area contributed by atoms with Gasteiger partial charge in [0.1, 0.15) is 5.82 Å². The molecule has 0 fully saturated rings. The fourth-order valence-corrected chi connectivity index (χ4v) is 4.58. The Kier molecular flexibility index (Phi) is 5.65. The van der Waals surface area contributed by atoms with E-state index in [1.54, 1.807) is 12.1 Å². The van der Waals surface area contributed by atoms with Crippen LogP contribution >= 0.6 is 0 Å². The maximum Gasteiger partial charge on any atom is 0.338 e. The van der Waals surface area contributed by atoms with E-state index in [4.69, 9.17) is 4.74 Å². The molecule has 0 saturated carbocycles. The number of fused-ring (bicyclic) bond motifs is 2. The lowest BCUT2D eigenvalue weighted by molar-refractivity contribution is -0.125. The van der Waals surface area contributed by atoms with E-state index in [2.05, 4.69) is 22.4 Å². The van der Waals surface area contributed by atoms with Crippen molar-refractivity contribution in [2.45, 2.75) is 32.2 Å². The van der Waals surface area contributed by atoms with Gasteiger partial charge in [-0.15, -0.1) is 0 Å². The number of ether oxygens (including phenoxy) is 1. The van der Waals surface area contributed by atoms with Crippen LogP contribution in [0.4, 0.5) is 0 Å². The van der Waals surface area contributed by atoms with Gasteiger partial charge in [0.15, 0.2) is 6.61 Å². The largest absolute Gasteiger partial charge is 0.452 e. The highest BCUT2D eigenvalue weighted by Crippen LogP contribution is 2.29. The number of amides is 1. The van der Waals surface area contributed by atoms with E-state index in [0.29, 0.717) is 11.1 Å². The van der Waals surface area contributed by atoms with Crippen LogP contribution in [-0.4, -0.2) is 28.0 Å². The molecule has 33 heavy (non-hydrogen) atoms. The fraction of sp³-hybridized carbons (Fsp3) is 0.222. The number of hydrogen-bond acceptors (Lipinski definition) is 4. The zero-order valence-corrected chi connectivity index (χ0v) is 18.5. The summed E-state index contributed by atoms with van der Waals surface area (Å²) in [6.45, 7) is 1.62. The lowest BCUT2D eigenvalue weighted by atomic mass is 9.88. The number of imidazole rings is 1. The van der Waals surface area contributed by atoms with Gasteiger partial charge < -0.3 is 10.1 Å². The van der Waals surface area contributed by atoms with Crippen molar-refractivity contribution in [1.82, 2.24) is 14.9 Å². The van der Waals surface area contributed by atoms with Crippen LogP contribution in [0, 0.1) is 6.92 Å². The van der Waals surface area contributed by atoms with Gasteiger partial charge in [-0.1, -0.05) is 42.5 Å². The summed E-state index contributed by atoms with van der Waals surface area (Å²) < 4.78 is 7.35. The summed E-state index contributed by atoms with van der Waals surface area (Å²) in [6.07, 6.45) is 2.94. The minimum absolute atomic E-state index is 0.0394. The zero-order valence-electron chi connectivity index (χ0n) is 18.5. The minimum Gasteiger partial charge on any atom is -0.452 e. The maximum atomic E-state index is 12.6. The molecule has 1 amide bonds. The molecule has 0 aliphatic heterocycles. The Balaban J connectivity index is 1.26. The third kappa shape index (κ3) is 4.24. The quantitative estimate of drug-likeness (QED) is 0.458. The number of aromatic nitrogens is 2. The predicted octanol–water partition coefficient (Wildman–Crippen LogP) is 4.68. The molecule has 1 aliphatic rings. The monoisotopic (exact) mass is 439 g/mol. The van der Waals surface area contributed by atoms with Crippen molar-refractivity contribution in [1.29, 1.82) is 0 Å². The normalized spacial score (nSPS) is 15.1. The van der Waals surface area contributed by atoms with Crippen LogP contribution in [0.3, 0.4) is 0 Å². The first-order chi connectivity index (χ1) is 16.1. The van der Waals surface area contributed by atoms with E-state index in [9.17, 15) is 9.59 Å². The van der Waals surface area contributed by atoms with Crippen molar-refractivity contribution in [3.63, 3.8) is 0 Å². The molecule has 5 rings (SSSR count). The second kappa shape index (κ2) is 8.90. The first kappa shape index (κ1) is 20.9. The Labute approximate surface area is 192 Å². The molecule has 166 valence electrons. The zero-order chi connectivity index (χ0) is 22.8. The van der Waals surface area contributed by atoms with Gasteiger partial charge in [0.25, 0.3) is 5.91 Å². The molecule has 1 N–H and O–H groups in total. The molecule has 3 aromatic carbocycles. The third-order valence-corrected chi connectivity index (χ3v) is 6.11. The van der Waals surface area contributed by atoms with Crippen molar-refractivity contribution < 1.29 is 14.3 Å². The Morgan fingerprint density at radius 2 is 1.85 bits per heavy atom. The molecule has 1 aliphatic carbocycles. The molecule has 0 radical (unpaired) electrons. The molecule has 1 heterocycles. The number of para-hydroxylation sites is 1. The molecule has 1 unspecified atom stereocenters. The summed E-state index contributed by atoms with van der Waals surface area (Å²) in [5, 5.41) is 3.01. The highest BCUT2D eigenvalue weighted by molar-refractivity contribution is 5.95. The molecule has 1 atom stereocenters. The number of aryl methyl sites for hydroxylation is 2. The standard InChI is InChI=1S/C27H25N3O3/c1-18-28-24-16-20(14-15-25(24)30(18)21-10-3-2-4-11-21)27(32)33-17-26(31)29-23-13-7-9-19-8-5-6-12-22(19)23/h2-6,8,10-12,14-16,23H,7,9,13,17H2,1H3,(H,29,31). The Morgan fingerprint density at radius 3 is 2.70 bits per heavy atom. The molecule has 6 heteroatoms.